The molecule has 0 aliphatic carbocycles. The number of H-pyrrole nitrogens is 1. The number of carbonyl (C=O) groups excluding carboxylic acids is 1. The van der Waals surface area contributed by atoms with Crippen molar-refractivity contribution in [3.05, 3.63) is 95.4 Å². The SMILES string of the molecule is COc1ccc(C2=NN(C(=O)CSc3c(C)[nH]c4ccccc34)[C@H](c3ccc(F)cc3)C2)cc1. The van der Waals surface area contributed by atoms with E-state index in [-0.39, 0.29) is 23.5 Å². The van der Waals surface area contributed by atoms with Gasteiger partial charge in [0.05, 0.1) is 24.6 Å². The molecule has 0 fully saturated rings. The summed E-state index contributed by atoms with van der Waals surface area (Å²) >= 11 is 1.51. The van der Waals surface area contributed by atoms with Crippen LogP contribution in [0.25, 0.3) is 10.9 Å². The highest BCUT2D eigenvalue weighted by molar-refractivity contribution is 8.00. The average molecular weight is 474 g/mol. The van der Waals surface area contributed by atoms with E-state index < -0.39 is 0 Å². The number of ether oxygens (including phenoxy) is 1. The van der Waals surface area contributed by atoms with Crippen LogP contribution >= 0.6 is 11.8 Å². The van der Waals surface area contributed by atoms with Crippen molar-refractivity contribution in [3.63, 3.8) is 0 Å². The van der Waals surface area contributed by atoms with Crippen molar-refractivity contribution in [1.29, 1.82) is 0 Å². The van der Waals surface area contributed by atoms with Crippen LogP contribution in [0.5, 0.6) is 5.75 Å². The quantitative estimate of drug-likeness (QED) is 0.345. The maximum Gasteiger partial charge on any atom is 0.253 e. The predicted molar refractivity (Wildman–Crippen MR) is 134 cm³/mol. The number of hydrazone groups is 1. The van der Waals surface area contributed by atoms with Crippen molar-refractivity contribution in [2.24, 2.45) is 5.10 Å². The number of nitrogens with zero attached hydrogens (tertiary/aromatic N) is 2. The summed E-state index contributed by atoms with van der Waals surface area (Å²) in [5.41, 5.74) is 4.70. The molecule has 1 aromatic heterocycles. The Morgan fingerprint density at radius 3 is 2.59 bits per heavy atom. The summed E-state index contributed by atoms with van der Waals surface area (Å²) in [7, 11) is 1.63. The van der Waals surface area contributed by atoms with Gasteiger partial charge in [-0.1, -0.05) is 30.3 Å². The third-order valence-corrected chi connectivity index (χ3v) is 7.22. The normalized spacial score (nSPS) is 15.6. The molecule has 1 aliphatic rings. The fraction of sp³-hybridized carbons (Fsp3) is 0.185. The number of aromatic amines is 1. The number of benzene rings is 3. The maximum absolute atomic E-state index is 13.6. The van der Waals surface area contributed by atoms with E-state index in [1.807, 2.05) is 49.4 Å². The molecule has 1 N–H and O–H groups in total. The van der Waals surface area contributed by atoms with Gasteiger partial charge < -0.3 is 9.72 Å². The first-order valence-corrected chi connectivity index (χ1v) is 12.0. The van der Waals surface area contributed by atoms with Gasteiger partial charge in [0.1, 0.15) is 11.6 Å². The van der Waals surface area contributed by atoms with Crippen LogP contribution in [0.15, 0.2) is 82.8 Å². The van der Waals surface area contributed by atoms with Crippen molar-refractivity contribution in [1.82, 2.24) is 9.99 Å². The second kappa shape index (κ2) is 9.35. The van der Waals surface area contributed by atoms with Crippen LogP contribution in [0.2, 0.25) is 0 Å². The molecule has 1 atom stereocenters. The second-order valence-corrected chi connectivity index (χ2v) is 9.18. The Balaban J connectivity index is 1.42. The first-order chi connectivity index (χ1) is 16.5. The number of fused-ring (bicyclic) bond motifs is 1. The lowest BCUT2D eigenvalue weighted by Crippen LogP contribution is -2.28. The third kappa shape index (κ3) is 4.31. The fourth-order valence-electron chi connectivity index (χ4n) is 4.28. The summed E-state index contributed by atoms with van der Waals surface area (Å²) in [6.07, 6.45) is 0.556. The molecular weight excluding hydrogens is 449 g/mol. The smallest absolute Gasteiger partial charge is 0.253 e. The lowest BCUT2D eigenvalue weighted by atomic mass is 9.98. The fourth-order valence-corrected chi connectivity index (χ4v) is 5.28. The minimum Gasteiger partial charge on any atom is -0.497 e. The Labute approximate surface area is 201 Å². The molecule has 1 amide bonds. The van der Waals surface area contributed by atoms with Gasteiger partial charge in [0, 0.05) is 27.9 Å². The molecule has 0 saturated carbocycles. The van der Waals surface area contributed by atoms with E-state index in [1.54, 1.807) is 24.3 Å². The van der Waals surface area contributed by atoms with Crippen LogP contribution in [0, 0.1) is 12.7 Å². The summed E-state index contributed by atoms with van der Waals surface area (Å²) in [5, 5.41) is 7.39. The van der Waals surface area contributed by atoms with Crippen molar-refractivity contribution in [2.45, 2.75) is 24.3 Å². The number of nitrogens with one attached hydrogen (secondary N) is 1. The van der Waals surface area contributed by atoms with E-state index in [2.05, 4.69) is 11.1 Å². The van der Waals surface area contributed by atoms with Gasteiger partial charge in [-0.05, 0) is 60.5 Å². The number of amides is 1. The van der Waals surface area contributed by atoms with Crippen LogP contribution in [0.1, 0.15) is 29.3 Å². The summed E-state index contributed by atoms with van der Waals surface area (Å²) in [5.74, 6) is 0.615. The first kappa shape index (κ1) is 22.2. The molecule has 34 heavy (non-hydrogen) atoms. The van der Waals surface area contributed by atoms with Gasteiger partial charge in [-0.2, -0.15) is 5.10 Å². The Bertz CT molecular complexity index is 1360. The first-order valence-electron chi connectivity index (χ1n) is 11.0. The molecule has 5 nitrogen and oxygen atoms in total. The van der Waals surface area contributed by atoms with E-state index in [4.69, 9.17) is 9.84 Å². The van der Waals surface area contributed by atoms with Gasteiger partial charge in [-0.25, -0.2) is 9.40 Å². The lowest BCUT2D eigenvalue weighted by Gasteiger charge is -2.22. The number of carbonyl (C=O) groups is 1. The molecule has 5 rings (SSSR count). The number of hydrogen-bond donors (Lipinski definition) is 1. The molecule has 0 spiro atoms. The molecule has 4 aromatic rings. The number of hydrogen-bond acceptors (Lipinski definition) is 4. The summed E-state index contributed by atoms with van der Waals surface area (Å²) in [4.78, 5) is 17.9. The van der Waals surface area contributed by atoms with E-state index in [1.165, 1.54) is 23.9 Å². The highest BCUT2D eigenvalue weighted by atomic mass is 32.2. The molecular formula is C27H24FN3O2S. The zero-order chi connectivity index (χ0) is 23.7. The van der Waals surface area contributed by atoms with E-state index in [0.29, 0.717) is 6.42 Å². The predicted octanol–water partition coefficient (Wildman–Crippen LogP) is 6.09. The standard InChI is InChI=1S/C27H24FN3O2S/c1-17-27(22-5-3-4-6-23(22)29-17)34-16-26(32)31-25(19-7-11-20(28)12-8-19)15-24(30-31)18-9-13-21(33-2)14-10-18/h3-14,25,29H,15-16H2,1-2H3/t25-/m0/s1. The minimum atomic E-state index is -0.304. The Morgan fingerprint density at radius 1 is 1.12 bits per heavy atom. The Morgan fingerprint density at radius 2 is 1.85 bits per heavy atom. The van der Waals surface area contributed by atoms with Gasteiger partial charge >= 0.3 is 0 Å². The Hall–Kier alpha value is -3.58. The van der Waals surface area contributed by atoms with Gasteiger partial charge in [0.2, 0.25) is 0 Å². The number of halogens is 1. The number of rotatable bonds is 6. The van der Waals surface area contributed by atoms with Gasteiger partial charge in [-0.15, -0.1) is 11.8 Å². The second-order valence-electron chi connectivity index (χ2n) is 8.20. The minimum absolute atomic E-state index is 0.0903. The molecule has 2 heterocycles. The van der Waals surface area contributed by atoms with Crippen LogP contribution in [0.4, 0.5) is 4.39 Å². The number of aromatic nitrogens is 1. The molecule has 0 unspecified atom stereocenters. The third-order valence-electron chi connectivity index (χ3n) is 6.02. The summed E-state index contributed by atoms with van der Waals surface area (Å²) in [6, 6.07) is 21.7. The van der Waals surface area contributed by atoms with Crippen LogP contribution < -0.4 is 4.74 Å². The average Bonchev–Trinajstić information content (AvgIpc) is 3.44. The molecule has 172 valence electrons. The molecule has 7 heteroatoms. The highest BCUT2D eigenvalue weighted by Gasteiger charge is 2.33. The number of thioether (sulfide) groups is 1. The van der Waals surface area contributed by atoms with E-state index in [9.17, 15) is 9.18 Å². The zero-order valence-electron chi connectivity index (χ0n) is 18.9. The summed E-state index contributed by atoms with van der Waals surface area (Å²) < 4.78 is 18.8. The molecule has 0 bridgehead atoms. The van der Waals surface area contributed by atoms with E-state index in [0.717, 1.165) is 44.1 Å². The van der Waals surface area contributed by atoms with Gasteiger partial charge in [0.25, 0.3) is 5.91 Å². The van der Waals surface area contributed by atoms with E-state index >= 15 is 0 Å². The number of para-hydroxylation sites is 1. The molecule has 3 aromatic carbocycles. The highest BCUT2D eigenvalue weighted by Crippen LogP contribution is 2.36. The topological polar surface area (TPSA) is 57.7 Å². The van der Waals surface area contributed by atoms with Crippen molar-refractivity contribution < 1.29 is 13.9 Å². The molecule has 0 saturated heterocycles. The largest absolute Gasteiger partial charge is 0.497 e. The number of methoxy groups -OCH3 is 1. The zero-order valence-corrected chi connectivity index (χ0v) is 19.7. The van der Waals surface area contributed by atoms with Gasteiger partial charge in [0.15, 0.2) is 0 Å². The van der Waals surface area contributed by atoms with Gasteiger partial charge in [-0.3, -0.25) is 4.79 Å². The van der Waals surface area contributed by atoms with Crippen molar-refractivity contribution >= 4 is 34.3 Å². The maximum atomic E-state index is 13.6. The monoisotopic (exact) mass is 473 g/mol. The van der Waals surface area contributed by atoms with Crippen LogP contribution in [-0.4, -0.2) is 34.5 Å². The lowest BCUT2D eigenvalue weighted by molar-refractivity contribution is -0.130. The number of aryl methyl sites for hydroxylation is 1. The summed E-state index contributed by atoms with van der Waals surface area (Å²) in [6.45, 7) is 2.02. The van der Waals surface area contributed by atoms with Crippen LogP contribution in [0.3, 0.4) is 0 Å². The molecule has 0 radical (unpaired) electrons. The molecule has 1 aliphatic heterocycles. The Kier molecular flexibility index (Phi) is 6.11. The van der Waals surface area contributed by atoms with Crippen molar-refractivity contribution in [3.8, 4) is 5.75 Å². The van der Waals surface area contributed by atoms with Crippen LogP contribution in [-0.2, 0) is 4.79 Å². The van der Waals surface area contributed by atoms with Crippen molar-refractivity contribution in [2.75, 3.05) is 12.9 Å².